The van der Waals surface area contributed by atoms with E-state index < -0.39 is 23.4 Å². The fourth-order valence-corrected chi connectivity index (χ4v) is 7.47. The van der Waals surface area contributed by atoms with Gasteiger partial charge in [-0.25, -0.2) is 0 Å². The van der Waals surface area contributed by atoms with Crippen molar-refractivity contribution in [3.8, 4) is 0 Å². The molecule has 0 unspecified atom stereocenters. The molecule has 4 atom stereocenters. The number of fused-ring (bicyclic) bond motifs is 6. The highest BCUT2D eigenvalue weighted by Gasteiger charge is 2.70. The number of amides is 1. The third kappa shape index (κ3) is 3.73. The summed E-state index contributed by atoms with van der Waals surface area (Å²) in [4.78, 5) is 46.1. The Balaban J connectivity index is 1.51. The van der Waals surface area contributed by atoms with Gasteiger partial charge in [-0.3, -0.25) is 14.4 Å². The predicted molar refractivity (Wildman–Crippen MR) is 166 cm³/mol. The number of hydrogen-bond acceptors (Lipinski definition) is 4. The van der Waals surface area contributed by atoms with Gasteiger partial charge in [0.25, 0.3) is 0 Å². The molecule has 0 saturated carbocycles. The number of Topliss-reactive ketones (excluding diaryl/α,β-unsaturated/α-hetero) is 2. The average Bonchev–Trinajstić information content (AvgIpc) is 3.49. The number of benzene rings is 4. The van der Waals surface area contributed by atoms with Gasteiger partial charge in [0.15, 0.2) is 11.6 Å². The summed E-state index contributed by atoms with van der Waals surface area (Å²) in [5.41, 5.74) is 3.71. The minimum atomic E-state index is -1.35. The number of rotatable bonds is 6. The Labute approximate surface area is 249 Å². The molecule has 0 bridgehead atoms. The maximum absolute atomic E-state index is 14.9. The highest BCUT2D eigenvalue weighted by molar-refractivity contribution is 6.34. The van der Waals surface area contributed by atoms with Crippen LogP contribution < -0.4 is 10.2 Å². The second kappa shape index (κ2) is 10.1. The summed E-state index contributed by atoms with van der Waals surface area (Å²) in [7, 11) is 0. The van der Waals surface area contributed by atoms with E-state index in [2.05, 4.69) is 12.2 Å². The van der Waals surface area contributed by atoms with E-state index in [9.17, 15) is 14.4 Å². The minimum Gasteiger partial charge on any atom is -0.352 e. The van der Waals surface area contributed by atoms with Crippen molar-refractivity contribution < 1.29 is 14.4 Å². The fourth-order valence-electron chi connectivity index (χ4n) is 7.24. The van der Waals surface area contributed by atoms with Crippen molar-refractivity contribution in [2.24, 2.45) is 5.92 Å². The smallest absolute Gasteiger partial charge is 0.238 e. The van der Waals surface area contributed by atoms with Gasteiger partial charge in [0.2, 0.25) is 5.91 Å². The van der Waals surface area contributed by atoms with Crippen molar-refractivity contribution in [2.45, 2.75) is 37.3 Å². The molecule has 3 heterocycles. The summed E-state index contributed by atoms with van der Waals surface area (Å²) in [5.74, 6) is -1.83. The molecule has 7 rings (SSSR count). The Kier molecular flexibility index (Phi) is 6.36. The van der Waals surface area contributed by atoms with Gasteiger partial charge >= 0.3 is 0 Å². The predicted octanol–water partition coefficient (Wildman–Crippen LogP) is 7.15. The molecule has 3 aliphatic heterocycles. The van der Waals surface area contributed by atoms with Gasteiger partial charge in [-0.05, 0) is 47.4 Å². The van der Waals surface area contributed by atoms with Crippen molar-refractivity contribution >= 4 is 46.5 Å². The third-order valence-corrected chi connectivity index (χ3v) is 9.34. The molecule has 4 aromatic carbocycles. The molecule has 208 valence electrons. The van der Waals surface area contributed by atoms with Crippen LogP contribution in [0.25, 0.3) is 6.08 Å². The lowest BCUT2D eigenvalue weighted by molar-refractivity contribution is -0.121. The van der Waals surface area contributed by atoms with E-state index >= 15 is 0 Å². The van der Waals surface area contributed by atoms with Gasteiger partial charge in [-0.1, -0.05) is 110 Å². The molecule has 5 nitrogen and oxygen atoms in total. The SMILES string of the molecule is CCCc1ccc(C(=O)[C@H]2[C@H](C(=O)c3ccccc3Cl)N3c4ccccc4C=C[C@@H]3[C@]23C(=O)Nc2ccccc23)cc1. The molecular weight excluding hydrogens is 544 g/mol. The Hall–Kier alpha value is -4.48. The summed E-state index contributed by atoms with van der Waals surface area (Å²) < 4.78 is 0. The van der Waals surface area contributed by atoms with Crippen LogP contribution in [0.15, 0.2) is 103 Å². The van der Waals surface area contributed by atoms with Crippen LogP contribution in [-0.4, -0.2) is 29.6 Å². The molecule has 3 aliphatic rings. The van der Waals surface area contributed by atoms with E-state index in [1.54, 1.807) is 24.3 Å². The zero-order valence-corrected chi connectivity index (χ0v) is 23.8. The van der Waals surface area contributed by atoms with E-state index in [1.165, 1.54) is 0 Å². The van der Waals surface area contributed by atoms with Crippen LogP contribution in [0.1, 0.15) is 50.8 Å². The van der Waals surface area contributed by atoms with Crippen LogP contribution in [0.3, 0.4) is 0 Å². The Morgan fingerprint density at radius 2 is 1.60 bits per heavy atom. The number of halogens is 1. The summed E-state index contributed by atoms with van der Waals surface area (Å²) >= 11 is 6.61. The maximum atomic E-state index is 14.9. The van der Waals surface area contributed by atoms with Crippen molar-refractivity contribution in [3.63, 3.8) is 0 Å². The molecule has 1 fully saturated rings. The van der Waals surface area contributed by atoms with Crippen LogP contribution in [0, 0.1) is 5.92 Å². The number of ketones is 2. The quantitative estimate of drug-likeness (QED) is 0.249. The zero-order chi connectivity index (χ0) is 29.0. The molecule has 1 spiro atoms. The van der Waals surface area contributed by atoms with E-state index in [1.807, 2.05) is 89.8 Å². The second-order valence-electron chi connectivity index (χ2n) is 11.2. The topological polar surface area (TPSA) is 66.5 Å². The molecule has 0 radical (unpaired) electrons. The Morgan fingerprint density at radius 1 is 0.881 bits per heavy atom. The van der Waals surface area contributed by atoms with Gasteiger partial charge in [-0.2, -0.15) is 0 Å². The van der Waals surface area contributed by atoms with Crippen molar-refractivity contribution in [3.05, 3.63) is 136 Å². The number of nitrogens with one attached hydrogen (secondary N) is 1. The summed E-state index contributed by atoms with van der Waals surface area (Å²) in [6, 6.07) is 28.3. The summed E-state index contributed by atoms with van der Waals surface area (Å²) in [6.07, 6.45) is 5.87. The van der Waals surface area contributed by atoms with Crippen LogP contribution in [0.2, 0.25) is 5.02 Å². The number of carbonyl (C=O) groups excluding carboxylic acids is 3. The third-order valence-electron chi connectivity index (χ3n) is 9.01. The fraction of sp³-hybridized carbons (Fsp3) is 0.194. The van der Waals surface area contributed by atoms with Crippen molar-refractivity contribution in [1.29, 1.82) is 0 Å². The highest BCUT2D eigenvalue weighted by atomic mass is 35.5. The first-order valence-electron chi connectivity index (χ1n) is 14.3. The monoisotopic (exact) mass is 572 g/mol. The van der Waals surface area contributed by atoms with Crippen LogP contribution in [0.4, 0.5) is 11.4 Å². The molecule has 4 aromatic rings. The number of hydrogen-bond donors (Lipinski definition) is 1. The normalized spacial score (nSPS) is 23.3. The van der Waals surface area contributed by atoms with Crippen molar-refractivity contribution in [1.82, 2.24) is 0 Å². The Bertz CT molecular complexity index is 1780. The molecule has 1 N–H and O–H groups in total. The minimum absolute atomic E-state index is 0.240. The van der Waals surface area contributed by atoms with Crippen molar-refractivity contribution in [2.75, 3.05) is 10.2 Å². The summed E-state index contributed by atoms with van der Waals surface area (Å²) in [5, 5.41) is 3.38. The van der Waals surface area contributed by atoms with Gasteiger partial charge in [0.05, 0.1) is 17.0 Å². The zero-order valence-electron chi connectivity index (χ0n) is 23.1. The van der Waals surface area contributed by atoms with E-state index in [-0.39, 0.29) is 17.5 Å². The largest absolute Gasteiger partial charge is 0.352 e. The average molecular weight is 573 g/mol. The lowest BCUT2D eigenvalue weighted by atomic mass is 9.64. The maximum Gasteiger partial charge on any atom is 0.238 e. The standard InChI is InChI=1S/C36H29ClN2O3/c1-2-9-22-16-18-24(19-17-22)33(40)31-32(34(41)25-11-4-6-13-27(25)37)39-29-15-8-3-10-23(29)20-21-30(39)36(31)26-12-5-7-14-28(26)38-35(36)42/h3-8,10-21,30-32H,2,9H2,1H3,(H,38,42)/t30-,31-,32-,36+/m1/s1. The molecule has 0 aliphatic carbocycles. The molecule has 1 amide bonds. The Morgan fingerprint density at radius 3 is 2.38 bits per heavy atom. The molecule has 42 heavy (non-hydrogen) atoms. The summed E-state index contributed by atoms with van der Waals surface area (Å²) in [6.45, 7) is 2.12. The lowest BCUT2D eigenvalue weighted by Crippen LogP contribution is -2.51. The van der Waals surface area contributed by atoms with E-state index in [4.69, 9.17) is 11.6 Å². The molecule has 6 heteroatoms. The lowest BCUT2D eigenvalue weighted by Gasteiger charge is -2.37. The first-order valence-corrected chi connectivity index (χ1v) is 14.7. The number of nitrogens with zero attached hydrogens (tertiary/aromatic N) is 1. The first-order chi connectivity index (χ1) is 20.5. The van der Waals surface area contributed by atoms with E-state index in [0.29, 0.717) is 21.8 Å². The number of aryl methyl sites for hydroxylation is 1. The van der Waals surface area contributed by atoms with E-state index in [0.717, 1.165) is 35.2 Å². The number of carbonyl (C=O) groups is 3. The molecule has 1 saturated heterocycles. The second-order valence-corrected chi connectivity index (χ2v) is 11.6. The van der Waals surface area contributed by atoms with Crippen LogP contribution in [0.5, 0.6) is 0 Å². The van der Waals surface area contributed by atoms with Crippen LogP contribution in [-0.2, 0) is 16.6 Å². The van der Waals surface area contributed by atoms with Gasteiger partial charge in [0, 0.05) is 22.5 Å². The first kappa shape index (κ1) is 26.4. The highest BCUT2D eigenvalue weighted by Crippen LogP contribution is 2.58. The number of para-hydroxylation sites is 2. The van der Waals surface area contributed by atoms with Gasteiger partial charge in [-0.15, -0.1) is 0 Å². The molecular formula is C36H29ClN2O3. The molecule has 0 aromatic heterocycles. The number of anilines is 2. The van der Waals surface area contributed by atoms with Crippen LogP contribution >= 0.6 is 11.6 Å². The van der Waals surface area contributed by atoms with Gasteiger partial charge in [0.1, 0.15) is 11.5 Å². The van der Waals surface area contributed by atoms with Gasteiger partial charge < -0.3 is 10.2 Å².